The number of carboxylic acids is 1. The lowest BCUT2D eigenvalue weighted by molar-refractivity contribution is -0.138. The van der Waals surface area contributed by atoms with Crippen molar-refractivity contribution in [1.82, 2.24) is 10.6 Å². The van der Waals surface area contributed by atoms with E-state index in [0.29, 0.717) is 12.7 Å². The number of nitrogens with one attached hydrogen (secondary N) is 2. The lowest BCUT2D eigenvalue weighted by Gasteiger charge is -2.18. The van der Waals surface area contributed by atoms with Gasteiger partial charge in [-0.2, -0.15) is 0 Å². The number of rotatable bonds is 8. The van der Waals surface area contributed by atoms with Crippen LogP contribution in [0.15, 0.2) is 42.5 Å². The first kappa shape index (κ1) is 23.2. The molecule has 8 nitrogen and oxygen atoms in total. The van der Waals surface area contributed by atoms with Crippen LogP contribution in [0.3, 0.4) is 0 Å². The molecule has 0 unspecified atom stereocenters. The molecule has 0 saturated heterocycles. The minimum absolute atomic E-state index is 0.0329. The van der Waals surface area contributed by atoms with Crippen molar-refractivity contribution in [3.05, 3.63) is 60.7 Å². The fourth-order valence-electron chi connectivity index (χ4n) is 2.37. The summed E-state index contributed by atoms with van der Waals surface area (Å²) < 4.78 is 6.35. The molecular formula is C19H18I2N2O6. The van der Waals surface area contributed by atoms with Gasteiger partial charge in [-0.3, -0.25) is 9.59 Å². The van der Waals surface area contributed by atoms with Gasteiger partial charge in [0.25, 0.3) is 0 Å². The molecule has 2 aromatic carbocycles. The standard InChI is InChI=1S/C19H18I2N2O6/c20-13-6-12(7-14(21)17(13)26)8-15(18(27)22-9-16(24)25)23-19(28)29-10-11-4-2-1-3-5-11/h1-7,15,26H,8-10H2,(H,22,27)(H,23,28)(H,24,25)/t15-/m1/s1. The molecule has 2 aromatic rings. The molecule has 2 rings (SSSR count). The molecule has 0 aliphatic carbocycles. The molecule has 10 heteroatoms. The summed E-state index contributed by atoms with van der Waals surface area (Å²) in [6.07, 6.45) is -0.703. The SMILES string of the molecule is O=C(O)CNC(=O)[C@@H](Cc1cc(I)c(O)c(I)c1)NC(=O)OCc1ccccc1. The largest absolute Gasteiger partial charge is 0.506 e. The van der Waals surface area contributed by atoms with Gasteiger partial charge in [-0.25, -0.2) is 4.79 Å². The van der Waals surface area contributed by atoms with E-state index in [0.717, 1.165) is 5.56 Å². The van der Waals surface area contributed by atoms with Crippen LogP contribution in [-0.4, -0.2) is 40.8 Å². The van der Waals surface area contributed by atoms with Crippen molar-refractivity contribution in [2.24, 2.45) is 0 Å². The number of aromatic hydroxyl groups is 1. The summed E-state index contributed by atoms with van der Waals surface area (Å²) in [6, 6.07) is 11.4. The van der Waals surface area contributed by atoms with Gasteiger partial charge >= 0.3 is 12.1 Å². The van der Waals surface area contributed by atoms with Crippen LogP contribution >= 0.6 is 45.2 Å². The molecule has 2 amide bonds. The van der Waals surface area contributed by atoms with Crippen molar-refractivity contribution in [2.75, 3.05) is 6.54 Å². The highest BCUT2D eigenvalue weighted by molar-refractivity contribution is 14.1. The quantitative estimate of drug-likeness (QED) is 0.335. The Labute approximate surface area is 194 Å². The van der Waals surface area contributed by atoms with Crippen LogP contribution < -0.4 is 10.6 Å². The smallest absolute Gasteiger partial charge is 0.408 e. The lowest BCUT2D eigenvalue weighted by Crippen LogP contribution is -2.49. The number of carboxylic acid groups (broad SMARTS) is 1. The number of phenolic OH excluding ortho intramolecular Hbond substituents is 1. The molecule has 0 aromatic heterocycles. The van der Waals surface area contributed by atoms with Gasteiger partial charge in [0, 0.05) is 6.42 Å². The molecule has 0 radical (unpaired) electrons. The summed E-state index contributed by atoms with van der Waals surface area (Å²) in [5.74, 6) is -1.71. The van der Waals surface area contributed by atoms with E-state index in [4.69, 9.17) is 9.84 Å². The monoisotopic (exact) mass is 624 g/mol. The number of carbonyl (C=O) groups is 3. The van der Waals surface area contributed by atoms with Crippen molar-refractivity contribution in [1.29, 1.82) is 0 Å². The van der Waals surface area contributed by atoms with Crippen LogP contribution in [0.25, 0.3) is 0 Å². The van der Waals surface area contributed by atoms with E-state index < -0.39 is 30.6 Å². The average molecular weight is 624 g/mol. The molecular weight excluding hydrogens is 606 g/mol. The molecule has 1 atom stereocenters. The highest BCUT2D eigenvalue weighted by atomic mass is 127. The maximum atomic E-state index is 12.4. The van der Waals surface area contributed by atoms with Crippen LogP contribution in [0, 0.1) is 7.14 Å². The Balaban J connectivity index is 2.08. The van der Waals surface area contributed by atoms with Crippen LogP contribution in [0.1, 0.15) is 11.1 Å². The number of halogens is 2. The third-order valence-electron chi connectivity index (χ3n) is 3.75. The number of hydrogen-bond donors (Lipinski definition) is 4. The minimum atomic E-state index is -1.20. The van der Waals surface area contributed by atoms with Gasteiger partial charge in [-0.05, 0) is 68.4 Å². The normalized spacial score (nSPS) is 11.4. The topological polar surface area (TPSA) is 125 Å². The first-order valence-electron chi connectivity index (χ1n) is 8.40. The molecule has 0 bridgehead atoms. The first-order valence-corrected chi connectivity index (χ1v) is 10.6. The number of aliphatic carboxylic acids is 1. The fraction of sp³-hybridized carbons (Fsp3) is 0.211. The average Bonchev–Trinajstić information content (AvgIpc) is 2.68. The number of amides is 2. The second-order valence-corrected chi connectivity index (χ2v) is 8.31. The summed E-state index contributed by atoms with van der Waals surface area (Å²) in [5, 5.41) is 23.4. The van der Waals surface area contributed by atoms with Crippen LogP contribution in [0.4, 0.5) is 4.79 Å². The third-order valence-corrected chi connectivity index (χ3v) is 5.40. The maximum absolute atomic E-state index is 12.4. The Kier molecular flexibility index (Phi) is 8.95. The van der Waals surface area contributed by atoms with Crippen LogP contribution in [0.5, 0.6) is 5.75 Å². The van der Waals surface area contributed by atoms with E-state index >= 15 is 0 Å². The van der Waals surface area contributed by atoms with E-state index in [-0.39, 0.29) is 18.8 Å². The zero-order valence-corrected chi connectivity index (χ0v) is 19.3. The highest BCUT2D eigenvalue weighted by Gasteiger charge is 2.23. The Bertz CT molecular complexity index is 869. The van der Waals surface area contributed by atoms with Crippen molar-refractivity contribution in [3.63, 3.8) is 0 Å². The van der Waals surface area contributed by atoms with Gasteiger partial charge in [0.05, 0.1) is 7.14 Å². The number of ether oxygens (including phenoxy) is 1. The van der Waals surface area contributed by atoms with Gasteiger partial charge in [0.15, 0.2) is 0 Å². The Morgan fingerprint density at radius 3 is 2.24 bits per heavy atom. The van der Waals surface area contributed by atoms with Gasteiger partial charge in [-0.15, -0.1) is 0 Å². The van der Waals surface area contributed by atoms with Gasteiger partial charge < -0.3 is 25.6 Å². The van der Waals surface area contributed by atoms with E-state index in [1.165, 1.54) is 0 Å². The second-order valence-electron chi connectivity index (χ2n) is 5.98. The molecule has 0 heterocycles. The van der Waals surface area contributed by atoms with E-state index in [1.54, 1.807) is 24.3 Å². The molecule has 0 saturated carbocycles. The minimum Gasteiger partial charge on any atom is -0.506 e. The number of alkyl carbamates (subject to hydrolysis) is 1. The predicted octanol–water partition coefficient (Wildman–Crippen LogP) is 2.64. The number of phenols is 1. The molecule has 0 aliphatic heterocycles. The number of carbonyl (C=O) groups excluding carboxylic acids is 2. The van der Waals surface area contributed by atoms with Gasteiger partial charge in [0.1, 0.15) is 24.9 Å². The number of benzene rings is 2. The number of hydrogen-bond acceptors (Lipinski definition) is 5. The fourth-order valence-corrected chi connectivity index (χ4v) is 4.27. The molecule has 29 heavy (non-hydrogen) atoms. The van der Waals surface area contributed by atoms with E-state index in [9.17, 15) is 19.5 Å². The van der Waals surface area contributed by atoms with Crippen molar-refractivity contribution >= 4 is 63.2 Å². The summed E-state index contributed by atoms with van der Waals surface area (Å²) >= 11 is 3.93. The van der Waals surface area contributed by atoms with Gasteiger partial charge in [0.2, 0.25) is 5.91 Å². The summed E-state index contributed by atoms with van der Waals surface area (Å²) in [5.41, 5.74) is 1.48. The van der Waals surface area contributed by atoms with Crippen LogP contribution in [0.2, 0.25) is 0 Å². The maximum Gasteiger partial charge on any atom is 0.408 e. The summed E-state index contributed by atoms with van der Waals surface area (Å²) in [6.45, 7) is -0.536. The molecule has 0 fully saturated rings. The van der Waals surface area contributed by atoms with Crippen molar-refractivity contribution in [2.45, 2.75) is 19.1 Å². The zero-order chi connectivity index (χ0) is 21.4. The van der Waals surface area contributed by atoms with E-state index in [2.05, 4.69) is 10.6 Å². The van der Waals surface area contributed by atoms with E-state index in [1.807, 2.05) is 63.4 Å². The van der Waals surface area contributed by atoms with Crippen molar-refractivity contribution < 1.29 is 29.3 Å². The lowest BCUT2D eigenvalue weighted by atomic mass is 10.1. The molecule has 4 N–H and O–H groups in total. The second kappa shape index (κ2) is 11.2. The Hall–Kier alpha value is -2.09. The van der Waals surface area contributed by atoms with Gasteiger partial charge in [-0.1, -0.05) is 30.3 Å². The zero-order valence-electron chi connectivity index (χ0n) is 15.0. The predicted molar refractivity (Wildman–Crippen MR) is 121 cm³/mol. The molecule has 0 spiro atoms. The first-order chi connectivity index (χ1) is 13.8. The Morgan fingerprint density at radius 1 is 1.03 bits per heavy atom. The summed E-state index contributed by atoms with van der Waals surface area (Å²) in [7, 11) is 0. The Morgan fingerprint density at radius 2 is 1.66 bits per heavy atom. The summed E-state index contributed by atoms with van der Waals surface area (Å²) in [4.78, 5) is 35.3. The van der Waals surface area contributed by atoms with Crippen molar-refractivity contribution in [3.8, 4) is 5.75 Å². The highest BCUT2D eigenvalue weighted by Crippen LogP contribution is 2.27. The molecule has 154 valence electrons. The third kappa shape index (κ3) is 7.68. The van der Waals surface area contributed by atoms with Crippen LogP contribution in [-0.2, 0) is 27.4 Å². The molecule has 0 aliphatic rings.